The van der Waals surface area contributed by atoms with Crippen LogP contribution in [0.2, 0.25) is 10.0 Å². The lowest BCUT2D eigenvalue weighted by Crippen LogP contribution is -2.49. The van der Waals surface area contributed by atoms with E-state index in [0.29, 0.717) is 5.69 Å². The maximum absolute atomic E-state index is 12.9. The second kappa shape index (κ2) is 7.98. The molecule has 1 unspecified atom stereocenters. The maximum Gasteiger partial charge on any atom is 0.252 e. The maximum atomic E-state index is 12.9. The summed E-state index contributed by atoms with van der Waals surface area (Å²) in [4.78, 5) is 12.3. The molecule has 0 aliphatic heterocycles. The Balaban J connectivity index is 2.23. The Morgan fingerprint density at radius 3 is 2.04 bits per heavy atom. The number of rotatable bonds is 4. The molecule has 2 N–H and O–H groups in total. The minimum absolute atomic E-state index is 0.197. The van der Waals surface area contributed by atoms with E-state index in [0.717, 1.165) is 12.1 Å². The number of benzene rings is 2. The zero-order valence-corrected chi connectivity index (χ0v) is 15.6. The lowest BCUT2D eigenvalue weighted by Gasteiger charge is -2.28. The van der Waals surface area contributed by atoms with Gasteiger partial charge in [-0.2, -0.15) is 0 Å². The molecule has 2 aromatic rings. The van der Waals surface area contributed by atoms with E-state index in [2.05, 4.69) is 10.6 Å². The number of hydrogen-bond acceptors (Lipinski definition) is 2. The van der Waals surface area contributed by atoms with Crippen molar-refractivity contribution in [3.8, 4) is 0 Å². The van der Waals surface area contributed by atoms with Crippen LogP contribution in [0.25, 0.3) is 0 Å². The highest BCUT2D eigenvalue weighted by Crippen LogP contribution is 2.35. The molecule has 0 fully saturated rings. The Bertz CT molecular complexity index is 713. The van der Waals surface area contributed by atoms with Gasteiger partial charge in [0.05, 0.1) is 15.7 Å². The van der Waals surface area contributed by atoms with Crippen LogP contribution >= 0.6 is 58.0 Å². The summed E-state index contributed by atoms with van der Waals surface area (Å²) in [6.07, 6.45) is -1.14. The van der Waals surface area contributed by atoms with Gasteiger partial charge in [0.25, 0.3) is 5.91 Å². The number of amides is 1. The van der Waals surface area contributed by atoms with Crippen LogP contribution in [0, 0.1) is 5.82 Å². The number of alkyl halides is 3. The molecule has 0 radical (unpaired) electrons. The Kier molecular flexibility index (Phi) is 6.46. The zero-order chi connectivity index (χ0) is 17.9. The van der Waals surface area contributed by atoms with Gasteiger partial charge in [0, 0.05) is 5.56 Å². The summed E-state index contributed by atoms with van der Waals surface area (Å²) in [7, 11) is 0. The van der Waals surface area contributed by atoms with Crippen LogP contribution < -0.4 is 10.6 Å². The lowest BCUT2D eigenvalue weighted by atomic mass is 10.2. The quantitative estimate of drug-likeness (QED) is 0.485. The third kappa shape index (κ3) is 5.04. The van der Waals surface area contributed by atoms with Crippen LogP contribution in [-0.2, 0) is 0 Å². The predicted molar refractivity (Wildman–Crippen MR) is 98.0 cm³/mol. The Morgan fingerprint density at radius 2 is 1.54 bits per heavy atom. The van der Waals surface area contributed by atoms with Crippen molar-refractivity contribution in [3.05, 3.63) is 63.9 Å². The molecule has 24 heavy (non-hydrogen) atoms. The second-order valence-corrected chi connectivity index (χ2v) is 7.88. The monoisotopic (exact) mass is 428 g/mol. The summed E-state index contributed by atoms with van der Waals surface area (Å²) in [6.45, 7) is 0. The number of nitrogens with one attached hydrogen (secondary N) is 2. The molecule has 2 aromatic carbocycles. The average molecular weight is 431 g/mol. The van der Waals surface area contributed by atoms with Gasteiger partial charge in [0.1, 0.15) is 12.0 Å². The van der Waals surface area contributed by atoms with E-state index in [1.165, 1.54) is 12.1 Å². The molecule has 0 saturated carbocycles. The van der Waals surface area contributed by atoms with Crippen molar-refractivity contribution >= 4 is 69.6 Å². The molecular weight excluding hydrogens is 420 g/mol. The molecular formula is C15H10Cl5FN2O. The van der Waals surface area contributed by atoms with Crippen LogP contribution in [0.3, 0.4) is 0 Å². The number of para-hydroxylation sites is 1. The van der Waals surface area contributed by atoms with Crippen molar-refractivity contribution in [2.75, 3.05) is 5.32 Å². The molecule has 1 atom stereocenters. The molecule has 0 heterocycles. The Labute approximate surface area is 163 Å². The topological polar surface area (TPSA) is 41.1 Å². The molecule has 0 bridgehead atoms. The molecule has 0 saturated heterocycles. The van der Waals surface area contributed by atoms with Gasteiger partial charge in [-0.3, -0.25) is 4.79 Å². The predicted octanol–water partition coefficient (Wildman–Crippen LogP) is 5.67. The van der Waals surface area contributed by atoms with Gasteiger partial charge in [-0.15, -0.1) is 0 Å². The number of carbonyl (C=O) groups excluding carboxylic acids is 1. The van der Waals surface area contributed by atoms with E-state index in [-0.39, 0.29) is 15.6 Å². The van der Waals surface area contributed by atoms with E-state index in [1.54, 1.807) is 18.2 Å². The van der Waals surface area contributed by atoms with E-state index in [9.17, 15) is 9.18 Å². The SMILES string of the molecule is O=C(NC(Nc1c(Cl)cccc1Cl)C(Cl)(Cl)Cl)c1ccc(F)cc1. The van der Waals surface area contributed by atoms with Gasteiger partial charge < -0.3 is 10.6 Å². The van der Waals surface area contributed by atoms with Gasteiger partial charge in [-0.05, 0) is 36.4 Å². The van der Waals surface area contributed by atoms with Gasteiger partial charge in [-0.25, -0.2) is 4.39 Å². The first-order chi connectivity index (χ1) is 11.2. The van der Waals surface area contributed by atoms with Crippen LogP contribution in [0.4, 0.5) is 10.1 Å². The fourth-order valence-electron chi connectivity index (χ4n) is 1.80. The highest BCUT2D eigenvalue weighted by atomic mass is 35.6. The Morgan fingerprint density at radius 1 is 1.00 bits per heavy atom. The molecule has 0 spiro atoms. The summed E-state index contributed by atoms with van der Waals surface area (Å²) >= 11 is 29.9. The smallest absolute Gasteiger partial charge is 0.252 e. The summed E-state index contributed by atoms with van der Waals surface area (Å²) in [6, 6.07) is 9.75. The van der Waals surface area contributed by atoms with Crippen molar-refractivity contribution in [2.24, 2.45) is 0 Å². The van der Waals surface area contributed by atoms with Gasteiger partial charge in [0.15, 0.2) is 0 Å². The highest BCUT2D eigenvalue weighted by Gasteiger charge is 2.35. The van der Waals surface area contributed by atoms with Crippen molar-refractivity contribution in [1.29, 1.82) is 0 Å². The number of halogens is 6. The van der Waals surface area contributed by atoms with E-state index >= 15 is 0 Å². The lowest BCUT2D eigenvalue weighted by molar-refractivity contribution is 0.0942. The minimum Gasteiger partial charge on any atom is -0.359 e. The molecule has 128 valence electrons. The third-order valence-electron chi connectivity index (χ3n) is 2.96. The van der Waals surface area contributed by atoms with Crippen molar-refractivity contribution in [2.45, 2.75) is 9.96 Å². The summed E-state index contributed by atoms with van der Waals surface area (Å²) in [5.41, 5.74) is 0.499. The van der Waals surface area contributed by atoms with Crippen LogP contribution in [-0.4, -0.2) is 15.9 Å². The zero-order valence-electron chi connectivity index (χ0n) is 11.8. The van der Waals surface area contributed by atoms with Gasteiger partial charge >= 0.3 is 0 Å². The summed E-state index contributed by atoms with van der Waals surface area (Å²) in [5.74, 6) is -1.03. The Hall–Kier alpha value is -0.910. The number of carbonyl (C=O) groups is 1. The first-order valence-corrected chi connectivity index (χ1v) is 8.41. The number of anilines is 1. The van der Waals surface area contributed by atoms with E-state index in [4.69, 9.17) is 58.0 Å². The molecule has 1 amide bonds. The fourth-order valence-corrected chi connectivity index (χ4v) is 2.63. The standard InChI is InChI=1S/C15H10Cl5FN2O/c16-10-2-1-3-11(17)12(10)22-14(15(18,19)20)23-13(24)8-4-6-9(21)7-5-8/h1-7,14,22H,(H,23,24). The van der Waals surface area contributed by atoms with Crippen molar-refractivity contribution < 1.29 is 9.18 Å². The van der Waals surface area contributed by atoms with Crippen molar-refractivity contribution in [1.82, 2.24) is 5.32 Å². The first kappa shape index (κ1) is 19.4. The van der Waals surface area contributed by atoms with Gasteiger partial charge in [-0.1, -0.05) is 64.1 Å². The average Bonchev–Trinajstić information content (AvgIpc) is 2.49. The third-order valence-corrected chi connectivity index (χ3v) is 4.25. The van der Waals surface area contributed by atoms with Crippen LogP contribution in [0.5, 0.6) is 0 Å². The fraction of sp³-hybridized carbons (Fsp3) is 0.133. The van der Waals surface area contributed by atoms with Crippen LogP contribution in [0.1, 0.15) is 10.4 Å². The number of hydrogen-bond donors (Lipinski definition) is 2. The molecule has 0 aliphatic rings. The largest absolute Gasteiger partial charge is 0.359 e. The second-order valence-electron chi connectivity index (χ2n) is 4.70. The van der Waals surface area contributed by atoms with Crippen molar-refractivity contribution in [3.63, 3.8) is 0 Å². The molecule has 3 nitrogen and oxygen atoms in total. The van der Waals surface area contributed by atoms with E-state index in [1.807, 2.05) is 0 Å². The highest BCUT2D eigenvalue weighted by molar-refractivity contribution is 6.68. The van der Waals surface area contributed by atoms with Gasteiger partial charge in [0.2, 0.25) is 3.79 Å². The summed E-state index contributed by atoms with van der Waals surface area (Å²) < 4.78 is 11.0. The minimum atomic E-state index is -1.90. The molecule has 0 aliphatic carbocycles. The molecule has 9 heteroatoms. The first-order valence-electron chi connectivity index (χ1n) is 6.52. The summed E-state index contributed by atoms with van der Waals surface area (Å²) in [5, 5.41) is 5.89. The van der Waals surface area contributed by atoms with Crippen LogP contribution in [0.15, 0.2) is 42.5 Å². The normalized spacial score (nSPS) is 12.6. The molecule has 0 aromatic heterocycles. The van der Waals surface area contributed by atoms with E-state index < -0.39 is 21.7 Å². The molecule has 2 rings (SSSR count).